The second kappa shape index (κ2) is 4.54. The molecule has 0 bridgehead atoms. The number of H-pyrrole nitrogens is 1. The third kappa shape index (κ3) is 3.09. The van der Waals surface area contributed by atoms with Gasteiger partial charge in [0, 0.05) is 0 Å². The van der Waals surface area contributed by atoms with Crippen LogP contribution in [0.2, 0.25) is 0 Å². The molecule has 0 aliphatic carbocycles. The highest BCUT2D eigenvalue weighted by Gasteiger charge is 2.15. The van der Waals surface area contributed by atoms with E-state index in [0.29, 0.717) is 6.61 Å². The monoisotopic (exact) mass is 219 g/mol. The van der Waals surface area contributed by atoms with Gasteiger partial charge >= 0.3 is 0 Å². The maximum Gasteiger partial charge on any atom is 0.279 e. The predicted octanol–water partition coefficient (Wildman–Crippen LogP) is 0.276. The van der Waals surface area contributed by atoms with Crippen molar-refractivity contribution in [1.29, 1.82) is 0 Å². The van der Waals surface area contributed by atoms with E-state index in [1.807, 2.05) is 18.7 Å². The molecule has 0 saturated carbocycles. The average molecular weight is 219 g/mol. The van der Waals surface area contributed by atoms with Crippen molar-refractivity contribution >= 4 is 10.0 Å². The second-order valence-corrected chi connectivity index (χ2v) is 4.83. The molecule has 0 saturated heterocycles. The fourth-order valence-corrected chi connectivity index (χ4v) is 1.44. The average Bonchev–Trinajstić information content (AvgIpc) is 2.54. The Kier molecular flexibility index (Phi) is 3.62. The Morgan fingerprint density at radius 3 is 2.86 bits per heavy atom. The first-order chi connectivity index (χ1) is 6.52. The maximum atomic E-state index is 11.4. The fourth-order valence-electron chi connectivity index (χ4n) is 0.716. The summed E-state index contributed by atoms with van der Waals surface area (Å²) in [5, 5.41) is 5.85. The molecule has 1 heterocycles. The van der Waals surface area contributed by atoms with E-state index in [1.165, 1.54) is 12.3 Å². The van der Waals surface area contributed by atoms with Gasteiger partial charge in [0.2, 0.25) is 0 Å². The van der Waals surface area contributed by atoms with Crippen LogP contribution < -0.4 is 4.89 Å². The van der Waals surface area contributed by atoms with Crippen LogP contribution in [-0.4, -0.2) is 25.2 Å². The summed E-state index contributed by atoms with van der Waals surface area (Å²) >= 11 is 0. The number of nitrogens with zero attached hydrogens (tertiary/aromatic N) is 1. The molecule has 1 aromatic rings. The molecule has 80 valence electrons. The van der Waals surface area contributed by atoms with E-state index in [9.17, 15) is 8.42 Å². The van der Waals surface area contributed by atoms with Gasteiger partial charge in [-0.25, -0.2) is 8.42 Å². The molecule has 0 aliphatic rings. The first-order valence-electron chi connectivity index (χ1n) is 4.15. The normalized spacial score (nSPS) is 12.2. The number of sulfonamides is 1. The van der Waals surface area contributed by atoms with Crippen molar-refractivity contribution in [3.63, 3.8) is 0 Å². The van der Waals surface area contributed by atoms with Crippen molar-refractivity contribution in [3.05, 3.63) is 12.3 Å². The van der Waals surface area contributed by atoms with Crippen LogP contribution in [0.15, 0.2) is 17.3 Å². The Hall–Kier alpha value is -0.920. The Morgan fingerprint density at radius 2 is 2.36 bits per heavy atom. The lowest BCUT2D eigenvalue weighted by Gasteiger charge is -2.06. The zero-order valence-electron chi connectivity index (χ0n) is 8.02. The van der Waals surface area contributed by atoms with E-state index in [1.54, 1.807) is 0 Å². The maximum absolute atomic E-state index is 11.4. The molecule has 0 atom stereocenters. The van der Waals surface area contributed by atoms with Crippen LogP contribution in [0.25, 0.3) is 0 Å². The van der Waals surface area contributed by atoms with Crippen LogP contribution in [0.3, 0.4) is 0 Å². The third-order valence-corrected chi connectivity index (χ3v) is 2.49. The quantitative estimate of drug-likeness (QED) is 0.696. The summed E-state index contributed by atoms with van der Waals surface area (Å²) in [6.07, 6.45) is 1.36. The number of hydrogen-bond acceptors (Lipinski definition) is 4. The van der Waals surface area contributed by atoms with E-state index in [4.69, 9.17) is 4.84 Å². The number of nitrogens with one attached hydrogen (secondary N) is 2. The summed E-state index contributed by atoms with van der Waals surface area (Å²) in [6.45, 7) is 4.17. The van der Waals surface area contributed by atoms with Crippen LogP contribution in [0.1, 0.15) is 13.8 Å². The van der Waals surface area contributed by atoms with Gasteiger partial charge in [-0.05, 0) is 12.0 Å². The Labute approximate surface area is 82.7 Å². The highest BCUT2D eigenvalue weighted by molar-refractivity contribution is 7.89. The lowest BCUT2D eigenvalue weighted by atomic mass is 10.2. The van der Waals surface area contributed by atoms with Crippen LogP contribution in [0.5, 0.6) is 0 Å². The summed E-state index contributed by atoms with van der Waals surface area (Å²) < 4.78 is 22.7. The summed E-state index contributed by atoms with van der Waals surface area (Å²) in [5.41, 5.74) is 0. The summed E-state index contributed by atoms with van der Waals surface area (Å²) in [5.74, 6) is 0.263. The molecule has 0 aliphatic heterocycles. The Morgan fingerprint density at radius 1 is 1.64 bits per heavy atom. The van der Waals surface area contributed by atoms with E-state index < -0.39 is 10.0 Å². The number of aromatic amines is 1. The van der Waals surface area contributed by atoms with Gasteiger partial charge in [0.05, 0.1) is 12.8 Å². The standard InChI is InChI=1S/C7H13N3O3S/c1-6(2)5-13-10-14(11,12)7-3-4-8-9-7/h3-4,6,10H,5H2,1-2H3,(H,8,9). The van der Waals surface area contributed by atoms with Crippen molar-refractivity contribution in [2.75, 3.05) is 6.61 Å². The summed E-state index contributed by atoms with van der Waals surface area (Å²) in [6, 6.07) is 1.35. The van der Waals surface area contributed by atoms with Crippen LogP contribution in [0.4, 0.5) is 0 Å². The lowest BCUT2D eigenvalue weighted by Crippen LogP contribution is -2.26. The van der Waals surface area contributed by atoms with Crippen molar-refractivity contribution in [2.45, 2.75) is 18.9 Å². The van der Waals surface area contributed by atoms with Crippen molar-refractivity contribution in [2.24, 2.45) is 5.92 Å². The first-order valence-corrected chi connectivity index (χ1v) is 5.63. The molecule has 1 aromatic heterocycles. The molecule has 0 aromatic carbocycles. The van der Waals surface area contributed by atoms with Gasteiger partial charge in [0.25, 0.3) is 10.0 Å². The fraction of sp³-hybridized carbons (Fsp3) is 0.571. The zero-order valence-corrected chi connectivity index (χ0v) is 8.84. The van der Waals surface area contributed by atoms with Gasteiger partial charge in [0.15, 0.2) is 5.03 Å². The van der Waals surface area contributed by atoms with Crippen molar-refractivity contribution in [1.82, 2.24) is 15.1 Å². The topological polar surface area (TPSA) is 84.1 Å². The molecule has 0 spiro atoms. The smallest absolute Gasteiger partial charge is 0.279 e. The minimum absolute atomic E-state index is 0.0127. The molecule has 0 amide bonds. The van der Waals surface area contributed by atoms with Crippen LogP contribution in [-0.2, 0) is 14.9 Å². The van der Waals surface area contributed by atoms with Gasteiger partial charge in [-0.3, -0.25) is 9.94 Å². The molecular formula is C7H13N3O3S. The summed E-state index contributed by atoms with van der Waals surface area (Å²) in [4.78, 5) is 6.79. The molecule has 2 N–H and O–H groups in total. The highest BCUT2D eigenvalue weighted by atomic mass is 32.2. The largest absolute Gasteiger partial charge is 0.287 e. The van der Waals surface area contributed by atoms with Crippen molar-refractivity contribution in [3.8, 4) is 0 Å². The first kappa shape index (κ1) is 11.2. The number of hydrogen-bond donors (Lipinski definition) is 2. The minimum atomic E-state index is -3.60. The zero-order chi connectivity index (χ0) is 10.6. The molecule has 6 nitrogen and oxygen atoms in total. The van der Waals surface area contributed by atoms with E-state index >= 15 is 0 Å². The van der Waals surface area contributed by atoms with E-state index in [2.05, 4.69) is 10.2 Å². The van der Waals surface area contributed by atoms with Crippen molar-refractivity contribution < 1.29 is 13.3 Å². The van der Waals surface area contributed by atoms with Gasteiger partial charge in [-0.15, -0.1) is 0 Å². The lowest BCUT2D eigenvalue weighted by molar-refractivity contribution is 0.0717. The minimum Gasteiger partial charge on any atom is -0.287 e. The SMILES string of the molecule is CC(C)CONS(=O)(=O)c1ccn[nH]1. The van der Waals surface area contributed by atoms with Gasteiger partial charge in [-0.1, -0.05) is 18.7 Å². The Balaban J connectivity index is 2.52. The third-order valence-electron chi connectivity index (χ3n) is 1.35. The van der Waals surface area contributed by atoms with E-state index in [0.717, 1.165) is 0 Å². The summed E-state index contributed by atoms with van der Waals surface area (Å²) in [7, 11) is -3.60. The molecule has 1 rings (SSSR count). The highest BCUT2D eigenvalue weighted by Crippen LogP contribution is 2.02. The Bertz CT molecular complexity index is 358. The molecule has 0 fully saturated rings. The molecule has 7 heteroatoms. The molecule has 0 unspecified atom stereocenters. The van der Waals surface area contributed by atoms with Crippen LogP contribution >= 0.6 is 0 Å². The molecule has 0 radical (unpaired) electrons. The molecule has 14 heavy (non-hydrogen) atoms. The second-order valence-electron chi connectivity index (χ2n) is 3.21. The number of rotatable bonds is 5. The van der Waals surface area contributed by atoms with Gasteiger partial charge < -0.3 is 0 Å². The van der Waals surface area contributed by atoms with Crippen LogP contribution in [0, 0.1) is 5.92 Å². The predicted molar refractivity (Wildman–Crippen MR) is 49.7 cm³/mol. The van der Waals surface area contributed by atoms with Gasteiger partial charge in [-0.2, -0.15) is 5.10 Å². The van der Waals surface area contributed by atoms with Gasteiger partial charge in [0.1, 0.15) is 0 Å². The van der Waals surface area contributed by atoms with E-state index in [-0.39, 0.29) is 10.9 Å². The number of aromatic nitrogens is 2. The molecular weight excluding hydrogens is 206 g/mol.